The zero-order chi connectivity index (χ0) is 11.7. The highest BCUT2D eigenvalue weighted by molar-refractivity contribution is 7.11. The summed E-state index contributed by atoms with van der Waals surface area (Å²) in [5, 5.41) is 2.78. The minimum absolute atomic E-state index is 0.178. The molecule has 0 aliphatic heterocycles. The van der Waals surface area contributed by atoms with Crippen LogP contribution in [0.3, 0.4) is 0 Å². The molecule has 0 saturated carbocycles. The molecule has 1 heterocycles. The minimum Gasteiger partial charge on any atom is -0.473 e. The smallest absolute Gasteiger partial charge is 0.178 e. The van der Waals surface area contributed by atoms with E-state index < -0.39 is 0 Å². The molecule has 1 aromatic carbocycles. The van der Waals surface area contributed by atoms with Crippen LogP contribution in [0.15, 0.2) is 41.8 Å². The maximum atomic E-state index is 12.0. The zero-order valence-corrected chi connectivity index (χ0v) is 10.1. The van der Waals surface area contributed by atoms with E-state index in [4.69, 9.17) is 4.74 Å². The lowest BCUT2D eigenvalue weighted by atomic mass is 9.89. The van der Waals surface area contributed by atoms with Crippen molar-refractivity contribution >= 4 is 17.1 Å². The van der Waals surface area contributed by atoms with Gasteiger partial charge in [-0.1, -0.05) is 24.3 Å². The third-order valence-electron chi connectivity index (χ3n) is 3.00. The lowest BCUT2D eigenvalue weighted by Crippen LogP contribution is -2.35. The molecule has 0 saturated heterocycles. The van der Waals surface area contributed by atoms with Crippen LogP contribution < -0.4 is 4.74 Å². The van der Waals surface area contributed by atoms with Crippen molar-refractivity contribution < 1.29 is 9.53 Å². The van der Waals surface area contributed by atoms with Crippen LogP contribution in [0.5, 0.6) is 5.06 Å². The summed E-state index contributed by atoms with van der Waals surface area (Å²) in [7, 11) is 0. The summed E-state index contributed by atoms with van der Waals surface area (Å²) < 4.78 is 5.73. The molecule has 3 heteroatoms. The number of ketones is 1. The molecule has 0 spiro atoms. The van der Waals surface area contributed by atoms with E-state index in [1.165, 1.54) is 16.9 Å². The Labute approximate surface area is 104 Å². The summed E-state index contributed by atoms with van der Waals surface area (Å²) in [6.45, 7) is 0. The van der Waals surface area contributed by atoms with Gasteiger partial charge in [-0.25, -0.2) is 0 Å². The third kappa shape index (κ3) is 2.11. The monoisotopic (exact) mass is 244 g/mol. The number of benzene rings is 1. The van der Waals surface area contributed by atoms with Crippen LogP contribution in [-0.4, -0.2) is 11.9 Å². The van der Waals surface area contributed by atoms with Crippen molar-refractivity contribution in [3.8, 4) is 5.06 Å². The number of ether oxygens (including phenoxy) is 1. The van der Waals surface area contributed by atoms with Gasteiger partial charge in [0.1, 0.15) is 0 Å². The second kappa shape index (κ2) is 4.34. The largest absolute Gasteiger partial charge is 0.473 e. The van der Waals surface area contributed by atoms with E-state index in [1.54, 1.807) is 0 Å². The van der Waals surface area contributed by atoms with Gasteiger partial charge in [0.15, 0.2) is 17.0 Å². The standard InChI is InChI=1S/C14H12O2S/c15-12-8-10-4-1-2-5-11(10)9-13(12)16-14-6-3-7-17-14/h1-7,13H,8-9H2. The summed E-state index contributed by atoms with van der Waals surface area (Å²) >= 11 is 1.53. The minimum atomic E-state index is -0.316. The fraction of sp³-hybridized carbons (Fsp3) is 0.214. The average molecular weight is 244 g/mol. The van der Waals surface area contributed by atoms with Crippen LogP contribution >= 0.6 is 11.3 Å². The van der Waals surface area contributed by atoms with Crippen molar-refractivity contribution in [3.05, 3.63) is 52.9 Å². The van der Waals surface area contributed by atoms with Crippen molar-refractivity contribution in [3.63, 3.8) is 0 Å². The number of rotatable bonds is 2. The molecule has 0 bridgehead atoms. The number of thiophene rings is 1. The van der Waals surface area contributed by atoms with Gasteiger partial charge in [0.2, 0.25) is 0 Å². The summed E-state index contributed by atoms with van der Waals surface area (Å²) in [5.74, 6) is 0.178. The van der Waals surface area contributed by atoms with Crippen molar-refractivity contribution in [1.82, 2.24) is 0 Å². The number of hydrogen-bond donors (Lipinski definition) is 0. The molecule has 1 atom stereocenters. The molecule has 0 amide bonds. The van der Waals surface area contributed by atoms with Gasteiger partial charge in [0.25, 0.3) is 0 Å². The highest BCUT2D eigenvalue weighted by atomic mass is 32.1. The maximum Gasteiger partial charge on any atom is 0.178 e. The lowest BCUT2D eigenvalue weighted by molar-refractivity contribution is -0.125. The first-order chi connectivity index (χ1) is 8.33. The molecule has 17 heavy (non-hydrogen) atoms. The molecule has 0 N–H and O–H groups in total. The van der Waals surface area contributed by atoms with E-state index >= 15 is 0 Å². The number of hydrogen-bond acceptors (Lipinski definition) is 3. The molecular weight excluding hydrogens is 232 g/mol. The molecule has 1 aromatic heterocycles. The van der Waals surface area contributed by atoms with Gasteiger partial charge in [-0.05, 0) is 28.6 Å². The van der Waals surface area contributed by atoms with E-state index in [1.807, 2.05) is 35.7 Å². The number of Topliss-reactive ketones (excluding diaryl/α,β-unsaturated/α-hetero) is 1. The Hall–Kier alpha value is -1.61. The molecule has 1 unspecified atom stereocenters. The summed E-state index contributed by atoms with van der Waals surface area (Å²) in [4.78, 5) is 12.0. The Balaban J connectivity index is 1.82. The van der Waals surface area contributed by atoms with E-state index in [0.717, 1.165) is 10.6 Å². The van der Waals surface area contributed by atoms with E-state index in [9.17, 15) is 4.79 Å². The Morgan fingerprint density at radius 2 is 1.94 bits per heavy atom. The predicted molar refractivity (Wildman–Crippen MR) is 67.6 cm³/mol. The molecule has 0 radical (unpaired) electrons. The Kier molecular flexibility index (Phi) is 2.69. The lowest BCUT2D eigenvalue weighted by Gasteiger charge is -2.23. The van der Waals surface area contributed by atoms with Crippen LogP contribution in [0.2, 0.25) is 0 Å². The Morgan fingerprint density at radius 3 is 2.71 bits per heavy atom. The predicted octanol–water partition coefficient (Wildman–Crippen LogP) is 2.86. The first kappa shape index (κ1) is 10.5. The highest BCUT2D eigenvalue weighted by Gasteiger charge is 2.27. The fourth-order valence-corrected chi connectivity index (χ4v) is 2.74. The van der Waals surface area contributed by atoms with Gasteiger partial charge in [-0.2, -0.15) is 0 Å². The fourth-order valence-electron chi connectivity index (χ4n) is 2.12. The first-order valence-electron chi connectivity index (χ1n) is 5.62. The Bertz CT molecular complexity index is 531. The second-order valence-corrected chi connectivity index (χ2v) is 5.06. The Morgan fingerprint density at radius 1 is 1.12 bits per heavy atom. The molecule has 3 rings (SSSR count). The van der Waals surface area contributed by atoms with Gasteiger partial charge in [0, 0.05) is 12.8 Å². The quantitative estimate of drug-likeness (QED) is 0.812. The van der Waals surface area contributed by atoms with Crippen LogP contribution in [0, 0.1) is 0 Å². The van der Waals surface area contributed by atoms with Gasteiger partial charge in [-0.3, -0.25) is 4.79 Å². The van der Waals surface area contributed by atoms with Gasteiger partial charge in [0.05, 0.1) is 0 Å². The van der Waals surface area contributed by atoms with Crippen molar-refractivity contribution in [1.29, 1.82) is 0 Å². The van der Waals surface area contributed by atoms with Gasteiger partial charge in [-0.15, -0.1) is 11.3 Å². The molecule has 0 fully saturated rings. The van der Waals surface area contributed by atoms with Crippen LogP contribution in [0.4, 0.5) is 0 Å². The molecule has 1 aliphatic carbocycles. The van der Waals surface area contributed by atoms with Crippen LogP contribution in [0.25, 0.3) is 0 Å². The van der Waals surface area contributed by atoms with Crippen molar-refractivity contribution in [2.24, 2.45) is 0 Å². The normalized spacial score (nSPS) is 18.8. The molecular formula is C14H12O2S. The van der Waals surface area contributed by atoms with Crippen molar-refractivity contribution in [2.75, 3.05) is 0 Å². The SMILES string of the molecule is O=C1Cc2ccccc2CC1Oc1cccs1. The number of carbonyl (C=O) groups excluding carboxylic acids is 1. The van der Waals surface area contributed by atoms with E-state index in [0.29, 0.717) is 12.8 Å². The maximum absolute atomic E-state index is 12.0. The molecule has 2 aromatic rings. The highest BCUT2D eigenvalue weighted by Crippen LogP contribution is 2.25. The number of fused-ring (bicyclic) bond motifs is 1. The van der Waals surface area contributed by atoms with Crippen LogP contribution in [-0.2, 0) is 17.6 Å². The first-order valence-corrected chi connectivity index (χ1v) is 6.50. The second-order valence-electron chi connectivity index (χ2n) is 4.15. The summed E-state index contributed by atoms with van der Waals surface area (Å²) in [6, 6.07) is 11.9. The molecule has 86 valence electrons. The van der Waals surface area contributed by atoms with Gasteiger partial charge < -0.3 is 4.74 Å². The van der Waals surface area contributed by atoms with E-state index in [-0.39, 0.29) is 11.9 Å². The molecule has 1 aliphatic rings. The zero-order valence-electron chi connectivity index (χ0n) is 9.26. The summed E-state index contributed by atoms with van der Waals surface area (Å²) in [5.41, 5.74) is 2.37. The molecule has 2 nitrogen and oxygen atoms in total. The topological polar surface area (TPSA) is 26.3 Å². The third-order valence-corrected chi connectivity index (χ3v) is 3.76. The number of carbonyl (C=O) groups is 1. The summed E-state index contributed by atoms with van der Waals surface area (Å²) in [6.07, 6.45) is 0.864. The van der Waals surface area contributed by atoms with Crippen LogP contribution in [0.1, 0.15) is 11.1 Å². The van der Waals surface area contributed by atoms with Gasteiger partial charge >= 0.3 is 0 Å². The van der Waals surface area contributed by atoms with E-state index in [2.05, 4.69) is 6.07 Å². The van der Waals surface area contributed by atoms with Crippen molar-refractivity contribution in [2.45, 2.75) is 18.9 Å². The average Bonchev–Trinajstić information content (AvgIpc) is 2.83.